The Hall–Kier alpha value is -3.87. The summed E-state index contributed by atoms with van der Waals surface area (Å²) >= 11 is 0. The van der Waals surface area contributed by atoms with Crippen molar-refractivity contribution in [3.05, 3.63) is 83.4 Å². The second-order valence-electron chi connectivity index (χ2n) is 7.97. The lowest BCUT2D eigenvalue weighted by molar-refractivity contribution is -0.139. The highest BCUT2D eigenvalue weighted by Gasteiger charge is 2.22. The molecule has 1 amide bonds. The molecule has 0 unspecified atom stereocenters. The van der Waals surface area contributed by atoms with Crippen molar-refractivity contribution >= 4 is 29.7 Å². The van der Waals surface area contributed by atoms with Gasteiger partial charge in [0.25, 0.3) is 5.91 Å². The second kappa shape index (κ2) is 10.9. The number of aromatic nitrogens is 2. The summed E-state index contributed by atoms with van der Waals surface area (Å²) in [7, 11) is 0. The molecule has 0 aliphatic heterocycles. The predicted octanol–water partition coefficient (Wildman–Crippen LogP) is 4.42. The van der Waals surface area contributed by atoms with Crippen LogP contribution in [0.3, 0.4) is 0 Å². The topological polar surface area (TPSA) is 107 Å². The number of H-pyrrole nitrogens is 1. The predicted molar refractivity (Wildman–Crippen MR) is 126 cm³/mol. The first-order chi connectivity index (χ1) is 15.4. The molecule has 1 aromatic heterocycles. The van der Waals surface area contributed by atoms with Crippen LogP contribution >= 0.6 is 0 Å². The van der Waals surface area contributed by atoms with Crippen molar-refractivity contribution in [2.75, 3.05) is 5.32 Å². The molecule has 0 spiro atoms. The Morgan fingerprint density at radius 1 is 1.12 bits per heavy atom. The standard InChI is InChI=1S/C25H28N4O3/c1-17(2)12-23(25(31)32)29-24(30)22-11-10-20(27-15-21-14-26-16-28-21)13-19(22)9-8-18-6-4-3-5-7-18/h3-11,13-14,16-17,23,27H,12,15H2,1-2H3,(H,26,28)(H,29,30)(H,31,32)/b9-8-/t23-/m0/s1. The van der Waals surface area contributed by atoms with E-state index in [0.29, 0.717) is 24.1 Å². The number of anilines is 1. The molecule has 7 heteroatoms. The van der Waals surface area contributed by atoms with Crippen LogP contribution in [0.25, 0.3) is 12.2 Å². The normalized spacial score (nSPS) is 12.1. The highest BCUT2D eigenvalue weighted by atomic mass is 16.4. The van der Waals surface area contributed by atoms with Crippen LogP contribution in [0.4, 0.5) is 5.69 Å². The summed E-state index contributed by atoms with van der Waals surface area (Å²) in [6.45, 7) is 4.41. The third kappa shape index (κ3) is 6.57. The molecule has 3 rings (SSSR count). The summed E-state index contributed by atoms with van der Waals surface area (Å²) in [6.07, 6.45) is 7.51. The number of benzene rings is 2. The van der Waals surface area contributed by atoms with E-state index >= 15 is 0 Å². The van der Waals surface area contributed by atoms with Gasteiger partial charge >= 0.3 is 5.97 Å². The van der Waals surface area contributed by atoms with Crippen LogP contribution in [0.15, 0.2) is 61.1 Å². The Morgan fingerprint density at radius 2 is 1.91 bits per heavy atom. The number of nitrogens with one attached hydrogen (secondary N) is 3. The van der Waals surface area contributed by atoms with Gasteiger partial charge in [-0.2, -0.15) is 0 Å². The molecule has 0 bridgehead atoms. The van der Waals surface area contributed by atoms with Crippen molar-refractivity contribution in [3.63, 3.8) is 0 Å². The van der Waals surface area contributed by atoms with Gasteiger partial charge in [0.15, 0.2) is 0 Å². The van der Waals surface area contributed by atoms with Crippen LogP contribution in [0, 0.1) is 5.92 Å². The zero-order valence-electron chi connectivity index (χ0n) is 18.2. The average molecular weight is 433 g/mol. The van der Waals surface area contributed by atoms with E-state index in [0.717, 1.165) is 16.9 Å². The van der Waals surface area contributed by atoms with E-state index < -0.39 is 17.9 Å². The molecule has 3 aromatic rings. The summed E-state index contributed by atoms with van der Waals surface area (Å²) in [5.74, 6) is -1.31. The van der Waals surface area contributed by atoms with E-state index in [2.05, 4.69) is 20.6 Å². The number of aromatic amines is 1. The summed E-state index contributed by atoms with van der Waals surface area (Å²) in [4.78, 5) is 31.6. The van der Waals surface area contributed by atoms with Crippen molar-refractivity contribution in [2.45, 2.75) is 32.9 Å². The quantitative estimate of drug-likeness (QED) is 0.355. The fourth-order valence-corrected chi connectivity index (χ4v) is 3.28. The zero-order chi connectivity index (χ0) is 22.9. The van der Waals surface area contributed by atoms with Crippen LogP contribution in [-0.2, 0) is 11.3 Å². The lowest BCUT2D eigenvalue weighted by atomic mass is 10.0. The molecule has 0 fully saturated rings. The van der Waals surface area contributed by atoms with E-state index in [1.807, 2.05) is 68.5 Å². The summed E-state index contributed by atoms with van der Waals surface area (Å²) in [5, 5.41) is 15.5. The number of rotatable bonds is 10. The van der Waals surface area contributed by atoms with Crippen LogP contribution in [0.1, 0.15) is 47.4 Å². The molecule has 0 aliphatic carbocycles. The molecule has 0 saturated heterocycles. The first kappa shape index (κ1) is 22.8. The Morgan fingerprint density at radius 3 is 2.56 bits per heavy atom. The SMILES string of the molecule is CC(C)C[C@H](NC(=O)c1ccc(NCc2cnc[nH]2)cc1/C=C\c1ccccc1)C(=O)O. The minimum absolute atomic E-state index is 0.142. The molecule has 4 N–H and O–H groups in total. The average Bonchev–Trinajstić information content (AvgIpc) is 3.30. The van der Waals surface area contributed by atoms with Gasteiger partial charge in [0.05, 0.1) is 18.6 Å². The Bertz CT molecular complexity index is 1060. The number of carbonyl (C=O) groups is 2. The van der Waals surface area contributed by atoms with Crippen molar-refractivity contribution in [1.29, 1.82) is 0 Å². The maximum absolute atomic E-state index is 13.0. The Kier molecular flexibility index (Phi) is 7.80. The van der Waals surface area contributed by atoms with Crippen LogP contribution < -0.4 is 10.6 Å². The number of aliphatic carboxylic acids is 1. The number of carboxylic acids is 1. The van der Waals surface area contributed by atoms with Gasteiger partial charge in [0.2, 0.25) is 0 Å². The minimum atomic E-state index is -1.04. The van der Waals surface area contributed by atoms with Crippen molar-refractivity contribution in [1.82, 2.24) is 15.3 Å². The third-order valence-electron chi connectivity index (χ3n) is 4.90. The van der Waals surface area contributed by atoms with Gasteiger partial charge in [0.1, 0.15) is 6.04 Å². The summed E-state index contributed by atoms with van der Waals surface area (Å²) in [6, 6.07) is 14.2. The molecule has 1 heterocycles. The molecule has 1 atom stereocenters. The number of carboxylic acid groups (broad SMARTS) is 1. The van der Waals surface area contributed by atoms with E-state index in [1.54, 1.807) is 18.6 Å². The zero-order valence-corrected chi connectivity index (χ0v) is 18.2. The minimum Gasteiger partial charge on any atom is -0.480 e. The highest BCUT2D eigenvalue weighted by molar-refractivity contribution is 6.00. The van der Waals surface area contributed by atoms with Crippen molar-refractivity contribution < 1.29 is 14.7 Å². The van der Waals surface area contributed by atoms with Gasteiger partial charge in [-0.25, -0.2) is 9.78 Å². The van der Waals surface area contributed by atoms with E-state index in [4.69, 9.17) is 0 Å². The Labute approximate surface area is 187 Å². The van der Waals surface area contributed by atoms with Gasteiger partial charge in [-0.15, -0.1) is 0 Å². The van der Waals surface area contributed by atoms with E-state index in [-0.39, 0.29) is 5.92 Å². The van der Waals surface area contributed by atoms with Gasteiger partial charge in [0, 0.05) is 17.4 Å². The van der Waals surface area contributed by atoms with E-state index in [9.17, 15) is 14.7 Å². The monoisotopic (exact) mass is 432 g/mol. The maximum atomic E-state index is 13.0. The number of hydrogen-bond acceptors (Lipinski definition) is 4. The largest absolute Gasteiger partial charge is 0.480 e. The van der Waals surface area contributed by atoms with Crippen LogP contribution in [0.5, 0.6) is 0 Å². The molecule has 0 saturated carbocycles. The second-order valence-corrected chi connectivity index (χ2v) is 7.97. The molecule has 7 nitrogen and oxygen atoms in total. The van der Waals surface area contributed by atoms with Crippen LogP contribution in [0.2, 0.25) is 0 Å². The molecule has 166 valence electrons. The lowest BCUT2D eigenvalue weighted by Crippen LogP contribution is -2.41. The van der Waals surface area contributed by atoms with E-state index in [1.165, 1.54) is 0 Å². The van der Waals surface area contributed by atoms with Gasteiger partial charge < -0.3 is 20.7 Å². The molecule has 32 heavy (non-hydrogen) atoms. The first-order valence-corrected chi connectivity index (χ1v) is 10.5. The fourth-order valence-electron chi connectivity index (χ4n) is 3.28. The molecule has 2 aromatic carbocycles. The highest BCUT2D eigenvalue weighted by Crippen LogP contribution is 2.20. The number of hydrogen-bond donors (Lipinski definition) is 4. The summed E-state index contributed by atoms with van der Waals surface area (Å²) < 4.78 is 0. The number of nitrogens with zero attached hydrogens (tertiary/aromatic N) is 1. The lowest BCUT2D eigenvalue weighted by Gasteiger charge is -2.18. The molecule has 0 aliphatic rings. The smallest absolute Gasteiger partial charge is 0.326 e. The third-order valence-corrected chi connectivity index (χ3v) is 4.90. The Balaban J connectivity index is 1.86. The van der Waals surface area contributed by atoms with Gasteiger partial charge in [-0.05, 0) is 41.7 Å². The number of imidazole rings is 1. The number of amides is 1. The van der Waals surface area contributed by atoms with Gasteiger partial charge in [-0.3, -0.25) is 4.79 Å². The fraction of sp³-hybridized carbons (Fsp3) is 0.240. The maximum Gasteiger partial charge on any atom is 0.326 e. The first-order valence-electron chi connectivity index (χ1n) is 10.5. The van der Waals surface area contributed by atoms with Crippen LogP contribution in [-0.4, -0.2) is 33.0 Å². The number of carbonyl (C=O) groups excluding carboxylic acids is 1. The van der Waals surface area contributed by atoms with Crippen molar-refractivity contribution in [2.24, 2.45) is 5.92 Å². The molecular formula is C25H28N4O3. The molecule has 0 radical (unpaired) electrons. The van der Waals surface area contributed by atoms with Gasteiger partial charge in [-0.1, -0.05) is 56.3 Å². The molecular weight excluding hydrogens is 404 g/mol. The summed E-state index contributed by atoms with van der Waals surface area (Å²) in [5.41, 5.74) is 3.87. The van der Waals surface area contributed by atoms with Crippen molar-refractivity contribution in [3.8, 4) is 0 Å².